The van der Waals surface area contributed by atoms with Crippen molar-refractivity contribution in [1.29, 1.82) is 0 Å². The Bertz CT molecular complexity index is 896. The Balaban J connectivity index is 2.29. The monoisotopic (exact) mass is 433 g/mol. The maximum absolute atomic E-state index is 12.1. The first kappa shape index (κ1) is 23.9. The van der Waals surface area contributed by atoms with E-state index in [9.17, 15) is 9.90 Å². The van der Waals surface area contributed by atoms with Crippen LogP contribution in [-0.4, -0.2) is 43.8 Å². The number of hydrogen-bond acceptors (Lipinski definition) is 4. The fourth-order valence-electron chi connectivity index (χ4n) is 4.05. The molecule has 1 aromatic heterocycles. The van der Waals surface area contributed by atoms with Crippen LogP contribution in [0.4, 0.5) is 4.79 Å². The lowest BCUT2D eigenvalue weighted by molar-refractivity contribution is -0.0108. The first-order valence-electron chi connectivity index (χ1n) is 10.1. The van der Waals surface area contributed by atoms with Crippen LogP contribution in [0.5, 0.6) is 5.75 Å². The van der Waals surface area contributed by atoms with Crippen molar-refractivity contribution in [2.45, 2.75) is 66.0 Å². The van der Waals surface area contributed by atoms with Crippen LogP contribution in [0.2, 0.25) is 5.02 Å². The van der Waals surface area contributed by atoms with E-state index in [4.69, 9.17) is 16.3 Å². The zero-order valence-corrected chi connectivity index (χ0v) is 19.6. The molecule has 0 fully saturated rings. The van der Waals surface area contributed by atoms with Crippen molar-refractivity contribution in [3.63, 3.8) is 0 Å². The molecule has 0 saturated heterocycles. The summed E-state index contributed by atoms with van der Waals surface area (Å²) >= 11 is 6.49. The second-order valence-electron chi connectivity index (χ2n) is 9.31. The Labute approximate surface area is 184 Å². The molecule has 0 saturated carbocycles. The van der Waals surface area contributed by atoms with E-state index in [0.29, 0.717) is 28.9 Å². The Morgan fingerprint density at radius 3 is 2.40 bits per heavy atom. The van der Waals surface area contributed by atoms with E-state index in [1.54, 1.807) is 18.3 Å². The molecule has 0 unspecified atom stereocenters. The average molecular weight is 434 g/mol. The van der Waals surface area contributed by atoms with Crippen LogP contribution in [0.25, 0.3) is 11.3 Å². The van der Waals surface area contributed by atoms with E-state index >= 15 is 0 Å². The molecule has 0 aliphatic rings. The van der Waals surface area contributed by atoms with E-state index in [-0.39, 0.29) is 6.61 Å². The summed E-state index contributed by atoms with van der Waals surface area (Å²) in [6, 6.07) is 7.32. The molecule has 6 nitrogen and oxygen atoms in total. The number of carboxylic acid groups (broad SMARTS) is 1. The molecule has 0 aliphatic carbocycles. The molecule has 2 aromatic rings. The summed E-state index contributed by atoms with van der Waals surface area (Å²) in [5.41, 5.74) is 0.358. The Morgan fingerprint density at radius 2 is 1.90 bits per heavy atom. The van der Waals surface area contributed by atoms with Crippen LogP contribution in [0, 0.1) is 12.8 Å². The van der Waals surface area contributed by atoms with E-state index < -0.39 is 17.2 Å². The summed E-state index contributed by atoms with van der Waals surface area (Å²) in [6.45, 7) is 13.8. The molecule has 1 N–H and O–H groups in total. The standard InChI is InChI=1S/C23H32ClN3O3/c1-15(2)13-23(7,27(21(28)29)22(4,5)6)14-30-20-9-8-17(12-18(20)24)19-10-11-25-16(3)26-19/h8-12,15H,13-14H2,1-7H3,(H,28,29)/t23-/m0/s1. The molecule has 1 atom stereocenters. The van der Waals surface area contributed by atoms with Gasteiger partial charge in [-0.05, 0) is 71.2 Å². The maximum atomic E-state index is 12.1. The van der Waals surface area contributed by atoms with Gasteiger partial charge in [-0.15, -0.1) is 0 Å². The molecular formula is C23H32ClN3O3. The summed E-state index contributed by atoms with van der Waals surface area (Å²) in [4.78, 5) is 22.1. The quantitative estimate of drug-likeness (QED) is 0.573. The molecule has 30 heavy (non-hydrogen) atoms. The number of halogens is 1. The highest BCUT2D eigenvalue weighted by Gasteiger charge is 2.43. The van der Waals surface area contributed by atoms with Gasteiger partial charge in [-0.1, -0.05) is 25.4 Å². The summed E-state index contributed by atoms with van der Waals surface area (Å²) in [5, 5.41) is 10.4. The van der Waals surface area contributed by atoms with Gasteiger partial charge in [0.25, 0.3) is 0 Å². The topological polar surface area (TPSA) is 75.5 Å². The highest BCUT2D eigenvalue weighted by Crippen LogP contribution is 2.34. The minimum absolute atomic E-state index is 0.195. The smallest absolute Gasteiger partial charge is 0.408 e. The fraction of sp³-hybridized carbons (Fsp3) is 0.522. The van der Waals surface area contributed by atoms with Gasteiger partial charge in [-0.25, -0.2) is 14.8 Å². The zero-order chi connectivity index (χ0) is 22.7. The molecule has 0 radical (unpaired) electrons. The minimum Gasteiger partial charge on any atom is -0.490 e. The van der Waals surface area contributed by atoms with Crippen LogP contribution >= 0.6 is 11.6 Å². The number of rotatable bonds is 7. The van der Waals surface area contributed by atoms with Crippen molar-refractivity contribution in [3.05, 3.63) is 41.3 Å². The summed E-state index contributed by atoms with van der Waals surface area (Å²) in [7, 11) is 0. The second-order valence-corrected chi connectivity index (χ2v) is 9.71. The van der Waals surface area contributed by atoms with Gasteiger partial charge in [0.1, 0.15) is 18.2 Å². The summed E-state index contributed by atoms with van der Waals surface area (Å²) in [6.07, 6.45) is 1.40. The van der Waals surface area contributed by atoms with Crippen molar-refractivity contribution >= 4 is 17.7 Å². The largest absolute Gasteiger partial charge is 0.490 e. The normalized spacial score (nSPS) is 13.8. The number of aryl methyl sites for hydroxylation is 1. The number of benzene rings is 1. The van der Waals surface area contributed by atoms with Crippen LogP contribution in [0.1, 0.15) is 53.8 Å². The number of ether oxygens (including phenoxy) is 1. The molecule has 0 bridgehead atoms. The van der Waals surface area contributed by atoms with E-state index in [0.717, 1.165) is 11.3 Å². The number of hydrogen-bond donors (Lipinski definition) is 1. The lowest BCUT2D eigenvalue weighted by Gasteiger charge is -2.47. The first-order chi connectivity index (χ1) is 13.8. The van der Waals surface area contributed by atoms with Crippen LogP contribution in [0.15, 0.2) is 30.5 Å². The second kappa shape index (κ2) is 9.21. The first-order valence-corrected chi connectivity index (χ1v) is 10.5. The van der Waals surface area contributed by atoms with E-state index in [2.05, 4.69) is 23.8 Å². The predicted molar refractivity (Wildman–Crippen MR) is 120 cm³/mol. The zero-order valence-electron chi connectivity index (χ0n) is 18.9. The Hall–Kier alpha value is -2.34. The van der Waals surface area contributed by atoms with E-state index in [1.165, 1.54) is 4.90 Å². The lowest BCUT2D eigenvalue weighted by Crippen LogP contribution is -2.61. The molecule has 1 heterocycles. The highest BCUT2D eigenvalue weighted by atomic mass is 35.5. The fourth-order valence-corrected chi connectivity index (χ4v) is 4.28. The van der Waals surface area contributed by atoms with Crippen molar-refractivity contribution in [3.8, 4) is 17.0 Å². The van der Waals surface area contributed by atoms with Gasteiger partial charge in [-0.3, -0.25) is 4.90 Å². The van der Waals surface area contributed by atoms with Crippen LogP contribution < -0.4 is 4.74 Å². The van der Waals surface area contributed by atoms with Crippen molar-refractivity contribution in [2.75, 3.05) is 6.61 Å². The molecule has 7 heteroatoms. The average Bonchev–Trinajstić information content (AvgIpc) is 2.58. The summed E-state index contributed by atoms with van der Waals surface area (Å²) < 4.78 is 6.07. The maximum Gasteiger partial charge on any atom is 0.408 e. The predicted octanol–water partition coefficient (Wildman–Crippen LogP) is 6.07. The number of amides is 1. The molecule has 164 valence electrons. The third kappa shape index (κ3) is 5.85. The number of aromatic nitrogens is 2. The third-order valence-electron chi connectivity index (χ3n) is 4.79. The van der Waals surface area contributed by atoms with Crippen LogP contribution in [-0.2, 0) is 0 Å². The molecule has 2 rings (SSSR count). The molecule has 0 aliphatic heterocycles. The molecule has 0 spiro atoms. The van der Waals surface area contributed by atoms with Crippen LogP contribution in [0.3, 0.4) is 0 Å². The third-order valence-corrected chi connectivity index (χ3v) is 5.09. The van der Waals surface area contributed by atoms with Crippen molar-refractivity contribution in [2.24, 2.45) is 5.92 Å². The van der Waals surface area contributed by atoms with E-state index in [1.807, 2.05) is 46.8 Å². The number of nitrogens with zero attached hydrogens (tertiary/aromatic N) is 3. The van der Waals surface area contributed by atoms with Gasteiger partial charge < -0.3 is 9.84 Å². The van der Waals surface area contributed by atoms with Gasteiger partial charge in [0.15, 0.2) is 0 Å². The lowest BCUT2D eigenvalue weighted by atomic mass is 9.86. The minimum atomic E-state index is -0.963. The highest BCUT2D eigenvalue weighted by molar-refractivity contribution is 6.32. The Morgan fingerprint density at radius 1 is 1.23 bits per heavy atom. The molecule has 1 amide bonds. The van der Waals surface area contributed by atoms with Gasteiger partial charge >= 0.3 is 6.09 Å². The van der Waals surface area contributed by atoms with Crippen molar-refractivity contribution in [1.82, 2.24) is 14.9 Å². The molecule has 1 aromatic carbocycles. The van der Waals surface area contributed by atoms with Gasteiger partial charge in [0.05, 0.1) is 16.3 Å². The Kier molecular flexibility index (Phi) is 7.35. The molecular weight excluding hydrogens is 402 g/mol. The number of carbonyl (C=O) groups is 1. The van der Waals surface area contributed by atoms with Gasteiger partial charge in [0.2, 0.25) is 0 Å². The summed E-state index contributed by atoms with van der Waals surface area (Å²) in [5.74, 6) is 1.49. The van der Waals surface area contributed by atoms with Crippen molar-refractivity contribution < 1.29 is 14.6 Å². The SMILES string of the molecule is Cc1nccc(-c2ccc(OC[C@](C)(CC(C)C)N(C(=O)O)C(C)(C)C)c(Cl)c2)n1. The van der Waals surface area contributed by atoms with Gasteiger partial charge in [-0.2, -0.15) is 0 Å². The van der Waals surface area contributed by atoms with Gasteiger partial charge in [0, 0.05) is 17.3 Å².